The summed E-state index contributed by atoms with van der Waals surface area (Å²) < 4.78 is 39.4. The summed E-state index contributed by atoms with van der Waals surface area (Å²) in [4.78, 5) is 13.1. The van der Waals surface area contributed by atoms with Gasteiger partial charge in [0.05, 0.1) is 10.9 Å². The highest BCUT2D eigenvalue weighted by molar-refractivity contribution is 5.86. The fourth-order valence-electron chi connectivity index (χ4n) is 2.61. The molecule has 3 aromatic rings. The molecule has 0 aliphatic rings. The van der Waals surface area contributed by atoms with Crippen molar-refractivity contribution >= 4 is 16.9 Å². The lowest BCUT2D eigenvalue weighted by Gasteiger charge is -2.14. The van der Waals surface area contributed by atoms with Crippen LogP contribution in [0.4, 0.5) is 19.0 Å². The number of aromatic nitrogens is 3. The van der Waals surface area contributed by atoms with Crippen LogP contribution < -0.4 is 5.32 Å². The Labute approximate surface area is 143 Å². The summed E-state index contributed by atoms with van der Waals surface area (Å²) in [7, 11) is 0. The largest absolute Gasteiger partial charge is 0.416 e. The van der Waals surface area contributed by atoms with Gasteiger partial charge in [0.2, 0.25) is 0 Å². The van der Waals surface area contributed by atoms with Gasteiger partial charge in [0.1, 0.15) is 11.6 Å². The molecule has 130 valence electrons. The number of alkyl halides is 3. The van der Waals surface area contributed by atoms with Gasteiger partial charge in [-0.3, -0.25) is 0 Å². The van der Waals surface area contributed by atoms with Gasteiger partial charge in [-0.1, -0.05) is 25.1 Å². The molecule has 4 nitrogen and oxygen atoms in total. The number of fused-ring (bicyclic) bond motifs is 1. The number of anilines is 1. The van der Waals surface area contributed by atoms with Crippen LogP contribution in [-0.4, -0.2) is 15.0 Å². The third-order valence-electron chi connectivity index (χ3n) is 3.76. The van der Waals surface area contributed by atoms with E-state index < -0.39 is 11.7 Å². The topological polar surface area (TPSA) is 50.7 Å². The van der Waals surface area contributed by atoms with Crippen molar-refractivity contribution in [3.8, 4) is 0 Å². The van der Waals surface area contributed by atoms with Gasteiger partial charge in [0, 0.05) is 19.2 Å². The first-order valence-electron chi connectivity index (χ1n) is 7.99. The van der Waals surface area contributed by atoms with E-state index in [0.717, 1.165) is 12.5 Å². The van der Waals surface area contributed by atoms with E-state index in [4.69, 9.17) is 0 Å². The summed E-state index contributed by atoms with van der Waals surface area (Å²) in [5.74, 6) is 1.12. The van der Waals surface area contributed by atoms with Crippen molar-refractivity contribution in [1.82, 2.24) is 15.0 Å². The van der Waals surface area contributed by atoms with Gasteiger partial charge in [-0.25, -0.2) is 15.0 Å². The minimum atomic E-state index is -4.39. The van der Waals surface area contributed by atoms with Gasteiger partial charge in [-0.05, 0) is 30.2 Å². The first kappa shape index (κ1) is 17.1. The molecule has 3 rings (SSSR count). The van der Waals surface area contributed by atoms with Crippen LogP contribution in [0.2, 0.25) is 0 Å². The highest BCUT2D eigenvalue weighted by atomic mass is 19.4. The molecule has 0 spiro atoms. The molecule has 0 aliphatic carbocycles. The zero-order valence-corrected chi connectivity index (χ0v) is 13.6. The Morgan fingerprint density at radius 3 is 2.60 bits per heavy atom. The van der Waals surface area contributed by atoms with Crippen molar-refractivity contribution in [1.29, 1.82) is 0 Å². The van der Waals surface area contributed by atoms with Gasteiger partial charge < -0.3 is 5.32 Å². The van der Waals surface area contributed by atoms with Crippen LogP contribution in [0.15, 0.2) is 42.6 Å². The molecule has 0 radical (unpaired) electrons. The van der Waals surface area contributed by atoms with E-state index in [1.807, 2.05) is 6.92 Å². The molecule has 7 heteroatoms. The number of aryl methyl sites for hydroxylation is 1. The number of hydrogen-bond acceptors (Lipinski definition) is 4. The number of halogens is 3. The van der Waals surface area contributed by atoms with Crippen LogP contribution in [0.1, 0.15) is 30.3 Å². The fraction of sp³-hybridized carbons (Fsp3) is 0.278. The van der Waals surface area contributed by atoms with Crippen LogP contribution in [0.25, 0.3) is 11.0 Å². The molecule has 0 atom stereocenters. The summed E-state index contributed by atoms with van der Waals surface area (Å²) in [6.45, 7) is 2.03. The standard InChI is InChI=1S/C18H17F3N4/c1-2-6-15-24-16-13(8-5-10-22-16)17(25-15)23-11-12-7-3-4-9-14(12)18(19,20)21/h3-5,7-10H,2,6,11H2,1H3,(H,22,23,24,25). The van der Waals surface area contributed by atoms with E-state index in [0.29, 0.717) is 29.1 Å². The first-order valence-corrected chi connectivity index (χ1v) is 7.99. The number of pyridine rings is 1. The molecular weight excluding hydrogens is 329 g/mol. The Morgan fingerprint density at radius 2 is 1.84 bits per heavy atom. The van der Waals surface area contributed by atoms with E-state index >= 15 is 0 Å². The van der Waals surface area contributed by atoms with Gasteiger partial charge in [-0.2, -0.15) is 13.2 Å². The van der Waals surface area contributed by atoms with E-state index in [9.17, 15) is 13.2 Å². The molecule has 0 amide bonds. The minimum Gasteiger partial charge on any atom is -0.365 e. The number of hydrogen-bond donors (Lipinski definition) is 1. The summed E-state index contributed by atoms with van der Waals surface area (Å²) in [6, 6.07) is 9.07. The molecule has 0 aliphatic heterocycles. The van der Waals surface area contributed by atoms with Crippen LogP contribution in [0, 0.1) is 0 Å². The van der Waals surface area contributed by atoms with Crippen molar-refractivity contribution in [2.24, 2.45) is 0 Å². The summed E-state index contributed by atoms with van der Waals surface area (Å²) in [5.41, 5.74) is 0.0584. The van der Waals surface area contributed by atoms with E-state index in [1.165, 1.54) is 12.1 Å². The van der Waals surface area contributed by atoms with Crippen LogP contribution in [0.5, 0.6) is 0 Å². The molecule has 0 saturated heterocycles. The molecule has 25 heavy (non-hydrogen) atoms. The molecule has 0 fully saturated rings. The Bertz CT molecular complexity index is 878. The minimum absolute atomic E-state index is 0.0161. The Hall–Kier alpha value is -2.70. The van der Waals surface area contributed by atoms with Gasteiger partial charge in [-0.15, -0.1) is 0 Å². The molecule has 2 aromatic heterocycles. The summed E-state index contributed by atoms with van der Waals surface area (Å²) in [5, 5.41) is 3.71. The molecule has 0 unspecified atom stereocenters. The summed E-state index contributed by atoms with van der Waals surface area (Å²) >= 11 is 0. The highest BCUT2D eigenvalue weighted by Gasteiger charge is 2.32. The van der Waals surface area contributed by atoms with Crippen molar-refractivity contribution in [3.05, 3.63) is 59.5 Å². The van der Waals surface area contributed by atoms with Crippen molar-refractivity contribution in [2.45, 2.75) is 32.5 Å². The van der Waals surface area contributed by atoms with E-state index in [-0.39, 0.29) is 12.1 Å². The zero-order chi connectivity index (χ0) is 17.9. The Balaban J connectivity index is 1.94. The Kier molecular flexibility index (Phi) is 4.83. The van der Waals surface area contributed by atoms with Crippen molar-refractivity contribution < 1.29 is 13.2 Å². The fourth-order valence-corrected chi connectivity index (χ4v) is 2.61. The normalized spacial score (nSPS) is 11.7. The molecule has 2 heterocycles. The Morgan fingerprint density at radius 1 is 1.04 bits per heavy atom. The number of benzene rings is 1. The molecule has 0 saturated carbocycles. The average molecular weight is 346 g/mol. The zero-order valence-electron chi connectivity index (χ0n) is 13.6. The number of nitrogens with one attached hydrogen (secondary N) is 1. The lowest BCUT2D eigenvalue weighted by molar-refractivity contribution is -0.138. The second-order valence-corrected chi connectivity index (χ2v) is 5.62. The maximum Gasteiger partial charge on any atom is 0.416 e. The number of nitrogens with zero attached hydrogens (tertiary/aromatic N) is 3. The van der Waals surface area contributed by atoms with Gasteiger partial charge in [0.25, 0.3) is 0 Å². The molecule has 0 bridgehead atoms. The lowest BCUT2D eigenvalue weighted by atomic mass is 10.1. The van der Waals surface area contributed by atoms with Gasteiger partial charge in [0.15, 0.2) is 5.65 Å². The quantitative estimate of drug-likeness (QED) is 0.733. The maximum absolute atomic E-state index is 13.1. The average Bonchev–Trinajstić information content (AvgIpc) is 2.59. The summed E-state index contributed by atoms with van der Waals surface area (Å²) in [6.07, 6.45) is -1.20. The number of rotatable bonds is 5. The predicted molar refractivity (Wildman–Crippen MR) is 90.1 cm³/mol. The van der Waals surface area contributed by atoms with Gasteiger partial charge >= 0.3 is 6.18 Å². The van der Waals surface area contributed by atoms with E-state index in [2.05, 4.69) is 20.3 Å². The molecular formula is C18H17F3N4. The first-order chi connectivity index (χ1) is 12.0. The second-order valence-electron chi connectivity index (χ2n) is 5.62. The van der Waals surface area contributed by atoms with Crippen molar-refractivity contribution in [2.75, 3.05) is 5.32 Å². The third-order valence-corrected chi connectivity index (χ3v) is 3.76. The van der Waals surface area contributed by atoms with Crippen molar-refractivity contribution in [3.63, 3.8) is 0 Å². The second kappa shape index (κ2) is 7.04. The predicted octanol–water partition coefficient (Wildman–Crippen LogP) is 4.61. The van der Waals surface area contributed by atoms with Crippen LogP contribution in [-0.2, 0) is 19.1 Å². The highest BCUT2D eigenvalue weighted by Crippen LogP contribution is 2.32. The van der Waals surface area contributed by atoms with Crippen LogP contribution in [0.3, 0.4) is 0 Å². The molecule has 1 N–H and O–H groups in total. The third kappa shape index (κ3) is 3.87. The van der Waals surface area contributed by atoms with Crippen LogP contribution >= 0.6 is 0 Å². The maximum atomic E-state index is 13.1. The lowest BCUT2D eigenvalue weighted by Crippen LogP contribution is -2.13. The molecule has 1 aromatic carbocycles. The monoisotopic (exact) mass is 346 g/mol. The van der Waals surface area contributed by atoms with E-state index in [1.54, 1.807) is 24.4 Å². The smallest absolute Gasteiger partial charge is 0.365 e. The SMILES string of the molecule is CCCc1nc(NCc2ccccc2C(F)(F)F)c2cccnc2n1.